The van der Waals surface area contributed by atoms with Crippen LogP contribution in [0.15, 0.2) is 0 Å². The molecule has 0 fully saturated rings. The molecule has 2 amide bonds. The maximum absolute atomic E-state index is 12.0. The van der Waals surface area contributed by atoms with Crippen LogP contribution in [0.4, 0.5) is 9.59 Å². The molecule has 10 nitrogen and oxygen atoms in total. The third-order valence-corrected chi connectivity index (χ3v) is 6.26. The lowest BCUT2D eigenvalue weighted by atomic mass is 10.1. The molecule has 2 aromatic rings. The molecule has 200 valence electrons. The van der Waals surface area contributed by atoms with E-state index >= 15 is 0 Å². The molecule has 2 aliphatic rings. The maximum atomic E-state index is 12.0. The summed E-state index contributed by atoms with van der Waals surface area (Å²) in [7, 11) is 3.89. The Bertz CT molecular complexity index is 1090. The first-order valence-corrected chi connectivity index (χ1v) is 12.5. The van der Waals surface area contributed by atoms with Gasteiger partial charge in [-0.3, -0.25) is 9.36 Å². The highest BCUT2D eigenvalue weighted by molar-refractivity contribution is 5.69. The van der Waals surface area contributed by atoms with E-state index < -0.39 is 11.2 Å². The fraction of sp³-hybridized carbons (Fsp3) is 0.692. The molecule has 0 aliphatic carbocycles. The Morgan fingerprint density at radius 1 is 0.750 bits per heavy atom. The van der Waals surface area contributed by atoms with E-state index in [2.05, 4.69) is 10.2 Å². The number of nitrogens with zero attached hydrogens (tertiary/aromatic N) is 6. The molecule has 0 aromatic carbocycles. The van der Waals surface area contributed by atoms with E-state index in [-0.39, 0.29) is 12.2 Å². The van der Waals surface area contributed by atoms with Crippen molar-refractivity contribution >= 4 is 12.2 Å². The van der Waals surface area contributed by atoms with Crippen LogP contribution in [0.5, 0.6) is 0 Å². The highest BCUT2D eigenvalue weighted by atomic mass is 16.6. The molecule has 0 atom stereocenters. The number of amides is 2. The van der Waals surface area contributed by atoms with E-state index in [4.69, 9.17) is 9.47 Å². The van der Waals surface area contributed by atoms with E-state index in [1.165, 1.54) is 5.69 Å². The first-order valence-electron chi connectivity index (χ1n) is 12.5. The predicted molar refractivity (Wildman–Crippen MR) is 137 cm³/mol. The van der Waals surface area contributed by atoms with E-state index in [1.807, 2.05) is 78.8 Å². The fourth-order valence-corrected chi connectivity index (χ4v) is 4.38. The lowest BCUT2D eigenvalue weighted by molar-refractivity contribution is 0.0212. The lowest BCUT2D eigenvalue weighted by Crippen LogP contribution is -2.40. The SMILES string of the molecule is Cc1c2c(nn1C)CCN(C(=O)OC(C)(C)C)C2.Cc1nn(C)c2c1CN(C(=O)OC(C)(C)C)CC2. The van der Waals surface area contributed by atoms with Gasteiger partial charge in [-0.15, -0.1) is 0 Å². The number of ether oxygens (including phenoxy) is 2. The van der Waals surface area contributed by atoms with Crippen molar-refractivity contribution in [2.45, 2.75) is 92.5 Å². The van der Waals surface area contributed by atoms with Crippen LogP contribution in [0.2, 0.25) is 0 Å². The Labute approximate surface area is 214 Å². The topological polar surface area (TPSA) is 94.7 Å². The van der Waals surface area contributed by atoms with Gasteiger partial charge in [-0.05, 0) is 55.4 Å². The molecule has 0 N–H and O–H groups in total. The monoisotopic (exact) mass is 502 g/mol. The molecule has 0 saturated carbocycles. The molecule has 0 unspecified atom stereocenters. The number of aryl methyl sites for hydroxylation is 3. The van der Waals surface area contributed by atoms with Crippen LogP contribution in [-0.4, -0.2) is 65.8 Å². The number of hydrogen-bond donors (Lipinski definition) is 0. The van der Waals surface area contributed by atoms with Gasteiger partial charge in [0.15, 0.2) is 0 Å². The molecule has 2 aromatic heterocycles. The molecule has 2 aliphatic heterocycles. The molecule has 4 heterocycles. The Hall–Kier alpha value is -3.04. The molecule has 36 heavy (non-hydrogen) atoms. The molecular weight excluding hydrogens is 460 g/mol. The summed E-state index contributed by atoms with van der Waals surface area (Å²) in [5.74, 6) is 0. The molecule has 0 radical (unpaired) electrons. The largest absolute Gasteiger partial charge is 0.444 e. The predicted octanol–water partition coefficient (Wildman–Crippen LogP) is 4.04. The summed E-state index contributed by atoms with van der Waals surface area (Å²) in [6.45, 7) is 17.9. The normalized spacial score (nSPS) is 15.5. The zero-order valence-electron chi connectivity index (χ0n) is 23.6. The summed E-state index contributed by atoms with van der Waals surface area (Å²) < 4.78 is 14.6. The van der Waals surface area contributed by atoms with Gasteiger partial charge < -0.3 is 19.3 Å². The summed E-state index contributed by atoms with van der Waals surface area (Å²) in [5.41, 5.74) is 5.90. The summed E-state index contributed by atoms with van der Waals surface area (Å²) in [6.07, 6.45) is 1.16. The summed E-state index contributed by atoms with van der Waals surface area (Å²) in [4.78, 5) is 27.5. The number of rotatable bonds is 0. The molecule has 0 saturated heterocycles. The van der Waals surface area contributed by atoms with Crippen LogP contribution in [-0.2, 0) is 49.5 Å². The fourth-order valence-electron chi connectivity index (χ4n) is 4.38. The smallest absolute Gasteiger partial charge is 0.410 e. The van der Waals surface area contributed by atoms with Gasteiger partial charge in [-0.25, -0.2) is 9.59 Å². The molecule has 0 spiro atoms. The van der Waals surface area contributed by atoms with Gasteiger partial charge in [0.2, 0.25) is 0 Å². The zero-order chi connectivity index (χ0) is 27.0. The number of carbonyl (C=O) groups is 2. The minimum absolute atomic E-state index is 0.239. The minimum atomic E-state index is -0.443. The minimum Gasteiger partial charge on any atom is -0.444 e. The van der Waals surface area contributed by atoms with Crippen molar-refractivity contribution in [3.8, 4) is 0 Å². The van der Waals surface area contributed by atoms with E-state index in [9.17, 15) is 9.59 Å². The van der Waals surface area contributed by atoms with E-state index in [0.29, 0.717) is 26.2 Å². The lowest BCUT2D eigenvalue weighted by Gasteiger charge is -2.30. The number of aromatic nitrogens is 4. The highest BCUT2D eigenvalue weighted by Gasteiger charge is 2.29. The van der Waals surface area contributed by atoms with Gasteiger partial charge in [0.05, 0.1) is 24.5 Å². The Morgan fingerprint density at radius 3 is 1.78 bits per heavy atom. The van der Waals surface area contributed by atoms with E-state index in [1.54, 1.807) is 9.80 Å². The molecule has 4 rings (SSSR count). The van der Waals surface area contributed by atoms with Crippen molar-refractivity contribution in [3.63, 3.8) is 0 Å². The number of hydrogen-bond acceptors (Lipinski definition) is 6. The Balaban J connectivity index is 0.000000201. The standard InChI is InChI=1S/2C13H21N3O2/c1-9-10-8-16(12(17)18-13(2,3)4)7-6-11(10)14-15(9)5;1-9-10-8-16(12(17)18-13(2,3)4)7-6-11(10)15(5)14-9/h2*6-8H2,1-5H3. The van der Waals surface area contributed by atoms with Crippen LogP contribution in [0, 0.1) is 13.8 Å². The first-order chi connectivity index (χ1) is 16.6. The molecule has 10 heteroatoms. The van der Waals surface area contributed by atoms with Crippen LogP contribution >= 0.6 is 0 Å². The zero-order valence-corrected chi connectivity index (χ0v) is 23.6. The maximum Gasteiger partial charge on any atom is 0.410 e. The van der Waals surface area contributed by atoms with Crippen molar-refractivity contribution in [2.75, 3.05) is 13.1 Å². The van der Waals surface area contributed by atoms with Crippen molar-refractivity contribution < 1.29 is 19.1 Å². The Morgan fingerprint density at radius 2 is 1.25 bits per heavy atom. The van der Waals surface area contributed by atoms with Crippen LogP contribution < -0.4 is 0 Å². The van der Waals surface area contributed by atoms with Gasteiger partial charge in [0.25, 0.3) is 0 Å². The summed E-state index contributed by atoms with van der Waals surface area (Å²) >= 11 is 0. The third kappa shape index (κ3) is 6.59. The van der Waals surface area contributed by atoms with Crippen molar-refractivity contribution in [1.82, 2.24) is 29.4 Å². The first kappa shape index (κ1) is 27.5. The molecule has 0 bridgehead atoms. The van der Waals surface area contributed by atoms with E-state index in [0.717, 1.165) is 41.1 Å². The average molecular weight is 503 g/mol. The van der Waals surface area contributed by atoms with Crippen LogP contribution in [0.25, 0.3) is 0 Å². The number of fused-ring (bicyclic) bond motifs is 2. The van der Waals surface area contributed by atoms with Gasteiger partial charge in [0, 0.05) is 62.5 Å². The molecular formula is C26H42N6O4. The summed E-state index contributed by atoms with van der Waals surface area (Å²) in [6, 6.07) is 0. The van der Waals surface area contributed by atoms with Crippen LogP contribution in [0.3, 0.4) is 0 Å². The second-order valence-electron chi connectivity index (χ2n) is 11.6. The van der Waals surface area contributed by atoms with Crippen LogP contribution in [0.1, 0.15) is 75.4 Å². The third-order valence-electron chi connectivity index (χ3n) is 6.26. The van der Waals surface area contributed by atoms with Crippen molar-refractivity contribution in [2.24, 2.45) is 14.1 Å². The second-order valence-corrected chi connectivity index (χ2v) is 11.6. The van der Waals surface area contributed by atoms with Gasteiger partial charge in [0.1, 0.15) is 11.2 Å². The summed E-state index contributed by atoms with van der Waals surface area (Å²) in [5, 5.41) is 8.86. The number of carbonyl (C=O) groups excluding carboxylic acids is 2. The Kier molecular flexibility index (Phi) is 7.76. The quantitative estimate of drug-likeness (QED) is 0.540. The van der Waals surface area contributed by atoms with Crippen molar-refractivity contribution in [1.29, 1.82) is 0 Å². The second kappa shape index (κ2) is 10.1. The van der Waals surface area contributed by atoms with Crippen molar-refractivity contribution in [3.05, 3.63) is 33.9 Å². The van der Waals surface area contributed by atoms with Gasteiger partial charge in [-0.2, -0.15) is 10.2 Å². The highest BCUT2D eigenvalue weighted by Crippen LogP contribution is 2.24. The average Bonchev–Trinajstić information content (AvgIpc) is 3.20. The van der Waals surface area contributed by atoms with Gasteiger partial charge >= 0.3 is 12.2 Å². The van der Waals surface area contributed by atoms with Gasteiger partial charge in [-0.1, -0.05) is 0 Å².